The molecule has 0 saturated carbocycles. The molecule has 27 heavy (non-hydrogen) atoms. The number of nitrogen functional groups attached to an aromatic ring is 1. The van der Waals surface area contributed by atoms with Gasteiger partial charge in [-0.1, -0.05) is 23.4 Å². The van der Waals surface area contributed by atoms with Crippen molar-refractivity contribution in [1.82, 2.24) is 15.0 Å². The first kappa shape index (κ1) is 19.2. The minimum atomic E-state index is -0.536. The molecule has 0 aliphatic heterocycles. The Balaban J connectivity index is 1.71. The maximum absolute atomic E-state index is 11.7. The van der Waals surface area contributed by atoms with Gasteiger partial charge in [0.05, 0.1) is 12.3 Å². The number of aryl methyl sites for hydroxylation is 1. The maximum Gasteiger partial charge on any atom is 0.343 e. The second-order valence-electron chi connectivity index (χ2n) is 5.49. The Labute approximate surface area is 165 Å². The van der Waals surface area contributed by atoms with Crippen LogP contribution in [-0.2, 0) is 10.5 Å². The molecule has 0 aliphatic rings. The molecule has 7 nitrogen and oxygen atoms in total. The van der Waals surface area contributed by atoms with Crippen LogP contribution in [0.3, 0.4) is 0 Å². The van der Waals surface area contributed by atoms with E-state index in [0.29, 0.717) is 27.6 Å². The van der Waals surface area contributed by atoms with Crippen LogP contribution in [0.25, 0.3) is 11.5 Å². The van der Waals surface area contributed by atoms with Crippen LogP contribution in [0, 0.1) is 6.92 Å². The number of anilines is 1. The van der Waals surface area contributed by atoms with Gasteiger partial charge in [-0.15, -0.1) is 0 Å². The van der Waals surface area contributed by atoms with Crippen molar-refractivity contribution in [1.29, 1.82) is 0 Å². The number of benzene rings is 1. The summed E-state index contributed by atoms with van der Waals surface area (Å²) >= 11 is 7.26. The Hall–Kier alpha value is -2.58. The summed E-state index contributed by atoms with van der Waals surface area (Å²) < 4.78 is 10.6. The number of nitrogens with two attached hydrogens (primary N) is 1. The Kier molecular flexibility index (Phi) is 5.98. The Morgan fingerprint density at radius 2 is 2.04 bits per heavy atom. The number of oxazole rings is 1. The number of hydrogen-bond donors (Lipinski definition) is 1. The molecule has 0 unspecified atom stereocenters. The second kappa shape index (κ2) is 8.41. The molecule has 0 fully saturated rings. The monoisotopic (exact) mass is 404 g/mol. The fraction of sp³-hybridized carbons (Fsp3) is 0.222. The third-order valence-electron chi connectivity index (χ3n) is 3.61. The molecule has 9 heteroatoms. The zero-order valence-electron chi connectivity index (χ0n) is 14.7. The van der Waals surface area contributed by atoms with Gasteiger partial charge < -0.3 is 14.9 Å². The molecular formula is C18H17ClN4O3S. The van der Waals surface area contributed by atoms with E-state index in [1.165, 1.54) is 18.0 Å². The maximum atomic E-state index is 11.7. The average molecular weight is 405 g/mol. The standard InChI is InChI=1S/C18H17ClN4O3S/c1-3-25-17(24)13-8-21-18(23-15(13)20)27-9-14-10(2)26-16(22-14)11-4-6-12(19)7-5-11/h4-8H,3,9H2,1-2H3,(H2,20,21,23). The lowest BCUT2D eigenvalue weighted by Crippen LogP contribution is -2.10. The van der Waals surface area contributed by atoms with Gasteiger partial charge in [0.1, 0.15) is 17.1 Å². The summed E-state index contributed by atoms with van der Waals surface area (Å²) in [5.74, 6) is 1.29. The molecular weight excluding hydrogens is 388 g/mol. The van der Waals surface area contributed by atoms with Crippen molar-refractivity contribution in [2.45, 2.75) is 24.8 Å². The fourth-order valence-electron chi connectivity index (χ4n) is 2.22. The highest BCUT2D eigenvalue weighted by molar-refractivity contribution is 7.98. The predicted molar refractivity (Wildman–Crippen MR) is 104 cm³/mol. The van der Waals surface area contributed by atoms with Crippen LogP contribution < -0.4 is 5.73 Å². The summed E-state index contributed by atoms with van der Waals surface area (Å²) in [6.07, 6.45) is 1.37. The van der Waals surface area contributed by atoms with Gasteiger partial charge in [-0.3, -0.25) is 0 Å². The molecule has 2 N–H and O–H groups in total. The van der Waals surface area contributed by atoms with E-state index in [-0.39, 0.29) is 18.0 Å². The van der Waals surface area contributed by atoms with Crippen molar-refractivity contribution in [3.8, 4) is 11.5 Å². The molecule has 0 aliphatic carbocycles. The first-order chi connectivity index (χ1) is 13.0. The summed E-state index contributed by atoms with van der Waals surface area (Å²) in [6.45, 7) is 3.83. The van der Waals surface area contributed by atoms with E-state index in [9.17, 15) is 4.79 Å². The highest BCUT2D eigenvalue weighted by atomic mass is 35.5. The first-order valence-corrected chi connectivity index (χ1v) is 9.49. The zero-order valence-corrected chi connectivity index (χ0v) is 16.3. The van der Waals surface area contributed by atoms with Crippen LogP contribution in [0.2, 0.25) is 5.02 Å². The van der Waals surface area contributed by atoms with Gasteiger partial charge >= 0.3 is 5.97 Å². The number of ether oxygens (including phenoxy) is 1. The number of aromatic nitrogens is 3. The third kappa shape index (κ3) is 4.58. The molecule has 0 amide bonds. The lowest BCUT2D eigenvalue weighted by atomic mass is 10.2. The van der Waals surface area contributed by atoms with E-state index in [1.807, 2.05) is 19.1 Å². The largest absolute Gasteiger partial charge is 0.462 e. The van der Waals surface area contributed by atoms with Crippen LogP contribution in [0.4, 0.5) is 5.82 Å². The van der Waals surface area contributed by atoms with Crippen LogP contribution in [0.1, 0.15) is 28.7 Å². The molecule has 0 bridgehead atoms. The minimum Gasteiger partial charge on any atom is -0.462 e. The van der Waals surface area contributed by atoms with Crippen LogP contribution >= 0.6 is 23.4 Å². The molecule has 3 aromatic rings. The lowest BCUT2D eigenvalue weighted by molar-refractivity contribution is 0.0526. The summed E-state index contributed by atoms with van der Waals surface area (Å²) in [7, 11) is 0. The van der Waals surface area contributed by atoms with Gasteiger partial charge in [-0.25, -0.2) is 19.7 Å². The number of carbonyl (C=O) groups excluding carboxylic acids is 1. The average Bonchev–Trinajstić information content (AvgIpc) is 3.01. The third-order valence-corrected chi connectivity index (χ3v) is 4.74. The van der Waals surface area contributed by atoms with Crippen LogP contribution in [0.5, 0.6) is 0 Å². The minimum absolute atomic E-state index is 0.0877. The molecule has 0 spiro atoms. The van der Waals surface area contributed by atoms with Crippen molar-refractivity contribution in [2.75, 3.05) is 12.3 Å². The molecule has 2 aromatic heterocycles. The van der Waals surface area contributed by atoms with Gasteiger partial charge in [-0.2, -0.15) is 0 Å². The Morgan fingerprint density at radius 3 is 2.70 bits per heavy atom. The van der Waals surface area contributed by atoms with Gasteiger partial charge in [0.15, 0.2) is 5.16 Å². The molecule has 3 rings (SSSR count). The molecule has 0 saturated heterocycles. The van der Waals surface area contributed by atoms with Crippen molar-refractivity contribution >= 4 is 35.1 Å². The highest BCUT2D eigenvalue weighted by Crippen LogP contribution is 2.27. The molecule has 0 radical (unpaired) electrons. The first-order valence-electron chi connectivity index (χ1n) is 8.12. The number of nitrogens with zero attached hydrogens (tertiary/aromatic N) is 3. The van der Waals surface area contributed by atoms with Crippen LogP contribution in [-0.4, -0.2) is 27.5 Å². The summed E-state index contributed by atoms with van der Waals surface area (Å²) in [6, 6.07) is 7.27. The summed E-state index contributed by atoms with van der Waals surface area (Å²) in [5.41, 5.74) is 7.61. The smallest absolute Gasteiger partial charge is 0.343 e. The Morgan fingerprint density at radius 1 is 1.30 bits per heavy atom. The number of carbonyl (C=O) groups is 1. The molecule has 1 aromatic carbocycles. The lowest BCUT2D eigenvalue weighted by Gasteiger charge is -2.05. The van der Waals surface area contributed by atoms with Gasteiger partial charge in [-0.05, 0) is 38.1 Å². The summed E-state index contributed by atoms with van der Waals surface area (Å²) in [4.78, 5) is 24.6. The topological polar surface area (TPSA) is 104 Å². The second-order valence-corrected chi connectivity index (χ2v) is 6.87. The van der Waals surface area contributed by atoms with Gasteiger partial charge in [0.2, 0.25) is 5.89 Å². The highest BCUT2D eigenvalue weighted by Gasteiger charge is 2.16. The fourth-order valence-corrected chi connectivity index (χ4v) is 3.17. The van der Waals surface area contributed by atoms with E-state index in [4.69, 9.17) is 26.5 Å². The van der Waals surface area contributed by atoms with Crippen molar-refractivity contribution in [3.05, 3.63) is 52.5 Å². The number of thioether (sulfide) groups is 1. The van der Waals surface area contributed by atoms with Crippen molar-refractivity contribution in [3.63, 3.8) is 0 Å². The normalized spacial score (nSPS) is 10.8. The predicted octanol–water partition coefficient (Wildman–Crippen LogP) is 4.14. The molecule has 140 valence electrons. The number of esters is 1. The van der Waals surface area contributed by atoms with E-state index in [0.717, 1.165) is 11.3 Å². The van der Waals surface area contributed by atoms with Crippen LogP contribution in [0.15, 0.2) is 40.0 Å². The Bertz CT molecular complexity index is 960. The van der Waals surface area contributed by atoms with E-state index in [2.05, 4.69) is 15.0 Å². The van der Waals surface area contributed by atoms with Crippen molar-refractivity contribution < 1.29 is 13.9 Å². The number of halogens is 1. The van der Waals surface area contributed by atoms with Crippen molar-refractivity contribution in [2.24, 2.45) is 0 Å². The zero-order chi connectivity index (χ0) is 19.4. The van der Waals surface area contributed by atoms with Gasteiger partial charge in [0.25, 0.3) is 0 Å². The number of hydrogen-bond acceptors (Lipinski definition) is 8. The SMILES string of the molecule is CCOC(=O)c1cnc(SCc2nc(-c3ccc(Cl)cc3)oc2C)nc1N. The summed E-state index contributed by atoms with van der Waals surface area (Å²) in [5, 5.41) is 1.09. The van der Waals surface area contributed by atoms with E-state index in [1.54, 1.807) is 19.1 Å². The molecule has 2 heterocycles. The van der Waals surface area contributed by atoms with Gasteiger partial charge in [0, 0.05) is 22.5 Å². The quantitative estimate of drug-likeness (QED) is 0.371. The number of rotatable bonds is 6. The molecule has 0 atom stereocenters. The van der Waals surface area contributed by atoms with E-state index < -0.39 is 5.97 Å². The van der Waals surface area contributed by atoms with E-state index >= 15 is 0 Å².